The average Bonchev–Trinajstić information content (AvgIpc) is 2.37. The monoisotopic (exact) mass is 305 g/mol. The van der Waals surface area contributed by atoms with E-state index in [2.05, 4.69) is 5.32 Å². The largest absolute Gasteiger partial charge is 0.418 e. The van der Waals surface area contributed by atoms with Crippen molar-refractivity contribution in [3.8, 4) is 0 Å². The van der Waals surface area contributed by atoms with Crippen LogP contribution in [-0.2, 0) is 11.0 Å². The number of nitro benzene ring substituents is 1. The van der Waals surface area contributed by atoms with Gasteiger partial charge in [-0.2, -0.15) is 13.2 Å². The number of hydrogen-bond acceptors (Lipinski definition) is 4. The number of nitro groups is 1. The fourth-order valence-electron chi connectivity index (χ4n) is 1.56. The fourth-order valence-corrected chi connectivity index (χ4v) is 1.56. The van der Waals surface area contributed by atoms with Crippen molar-refractivity contribution in [2.45, 2.75) is 12.6 Å². The van der Waals surface area contributed by atoms with E-state index in [-0.39, 0.29) is 24.6 Å². The lowest BCUT2D eigenvalue weighted by molar-refractivity contribution is -0.385. The van der Waals surface area contributed by atoms with Gasteiger partial charge in [-0.3, -0.25) is 14.9 Å². The smallest absolute Gasteiger partial charge is 0.384 e. The summed E-state index contributed by atoms with van der Waals surface area (Å²) in [4.78, 5) is 22.3. The normalized spacial score (nSPS) is 11.1. The van der Waals surface area contributed by atoms with Crippen LogP contribution in [0, 0.1) is 10.1 Å². The minimum Gasteiger partial charge on any atom is -0.384 e. The second-order valence-electron chi connectivity index (χ2n) is 4.45. The maximum Gasteiger partial charge on any atom is 0.418 e. The molecule has 0 bridgehead atoms. The highest BCUT2D eigenvalue weighted by atomic mass is 19.4. The number of benzene rings is 1. The molecule has 0 aliphatic rings. The summed E-state index contributed by atoms with van der Waals surface area (Å²) in [6, 6.07) is 2.43. The number of nitrogens with zero attached hydrogens (tertiary/aromatic N) is 2. The zero-order chi connectivity index (χ0) is 16.2. The van der Waals surface area contributed by atoms with E-state index >= 15 is 0 Å². The first-order valence-electron chi connectivity index (χ1n) is 5.92. The predicted molar refractivity (Wildman–Crippen MR) is 69.9 cm³/mol. The molecule has 21 heavy (non-hydrogen) atoms. The summed E-state index contributed by atoms with van der Waals surface area (Å²) < 4.78 is 38.6. The molecule has 0 unspecified atom stereocenters. The summed E-state index contributed by atoms with van der Waals surface area (Å²) in [7, 11) is 3.07. The van der Waals surface area contributed by atoms with Crippen LogP contribution in [-0.4, -0.2) is 36.4 Å². The minimum atomic E-state index is -4.72. The van der Waals surface area contributed by atoms with E-state index in [0.29, 0.717) is 6.07 Å². The molecule has 6 nitrogen and oxygen atoms in total. The molecule has 0 atom stereocenters. The van der Waals surface area contributed by atoms with Crippen molar-refractivity contribution < 1.29 is 22.9 Å². The van der Waals surface area contributed by atoms with Crippen molar-refractivity contribution >= 4 is 17.3 Å². The summed E-state index contributed by atoms with van der Waals surface area (Å²) in [5.74, 6) is -0.238. The van der Waals surface area contributed by atoms with Gasteiger partial charge in [0.1, 0.15) is 0 Å². The van der Waals surface area contributed by atoms with Gasteiger partial charge in [0.15, 0.2) is 0 Å². The summed E-state index contributed by atoms with van der Waals surface area (Å²) in [6.07, 6.45) is -4.71. The molecule has 0 aliphatic carbocycles. The summed E-state index contributed by atoms with van der Waals surface area (Å²) in [5.41, 5.74) is -2.06. The van der Waals surface area contributed by atoms with Crippen LogP contribution >= 0.6 is 0 Å². The number of rotatable bonds is 5. The van der Waals surface area contributed by atoms with E-state index in [1.165, 1.54) is 19.0 Å². The number of nitrogens with one attached hydrogen (secondary N) is 1. The molecular weight excluding hydrogens is 291 g/mol. The van der Waals surface area contributed by atoms with Crippen molar-refractivity contribution in [1.29, 1.82) is 0 Å². The van der Waals surface area contributed by atoms with Crippen molar-refractivity contribution in [2.24, 2.45) is 0 Å². The van der Waals surface area contributed by atoms with Crippen LogP contribution in [0.1, 0.15) is 12.0 Å². The lowest BCUT2D eigenvalue weighted by Gasteiger charge is -2.15. The van der Waals surface area contributed by atoms with Gasteiger partial charge in [-0.05, 0) is 6.07 Å². The molecule has 0 heterocycles. The molecule has 1 rings (SSSR count). The molecule has 1 aromatic rings. The Hall–Kier alpha value is -2.32. The highest BCUT2D eigenvalue weighted by Gasteiger charge is 2.35. The van der Waals surface area contributed by atoms with Crippen LogP contribution in [0.3, 0.4) is 0 Å². The summed E-state index contributed by atoms with van der Waals surface area (Å²) >= 11 is 0. The molecule has 0 aliphatic heterocycles. The van der Waals surface area contributed by atoms with Crippen LogP contribution in [0.15, 0.2) is 18.2 Å². The van der Waals surface area contributed by atoms with E-state index in [9.17, 15) is 28.1 Å². The maximum absolute atomic E-state index is 12.9. The molecule has 1 aromatic carbocycles. The van der Waals surface area contributed by atoms with E-state index in [4.69, 9.17) is 0 Å². The number of carbonyl (C=O) groups is 1. The highest BCUT2D eigenvalue weighted by molar-refractivity contribution is 5.76. The van der Waals surface area contributed by atoms with Crippen LogP contribution in [0.4, 0.5) is 24.5 Å². The SMILES string of the molecule is CN(C)C(=O)CCNc1ccc([N+](=O)[O-])cc1C(F)(F)F. The first-order chi connectivity index (χ1) is 9.62. The second-order valence-corrected chi connectivity index (χ2v) is 4.45. The topological polar surface area (TPSA) is 75.5 Å². The summed E-state index contributed by atoms with van der Waals surface area (Å²) in [5, 5.41) is 13.0. The van der Waals surface area contributed by atoms with Gasteiger partial charge in [-0.1, -0.05) is 0 Å². The van der Waals surface area contributed by atoms with E-state index < -0.39 is 22.4 Å². The van der Waals surface area contributed by atoms with Crippen LogP contribution < -0.4 is 5.32 Å². The number of amides is 1. The lowest BCUT2D eigenvalue weighted by Crippen LogP contribution is -2.24. The number of halogens is 3. The predicted octanol–water partition coefficient (Wildman–Crippen LogP) is 2.50. The minimum absolute atomic E-state index is 0.00208. The lowest BCUT2D eigenvalue weighted by atomic mass is 10.1. The summed E-state index contributed by atoms with van der Waals surface area (Å²) in [6.45, 7) is -0.00208. The van der Waals surface area contributed by atoms with Gasteiger partial charge in [0, 0.05) is 44.9 Å². The van der Waals surface area contributed by atoms with Gasteiger partial charge in [0.2, 0.25) is 5.91 Å². The van der Waals surface area contributed by atoms with Crippen LogP contribution in [0.2, 0.25) is 0 Å². The molecule has 116 valence electrons. The van der Waals surface area contributed by atoms with Gasteiger partial charge >= 0.3 is 6.18 Å². The quantitative estimate of drug-likeness (QED) is 0.670. The standard InChI is InChI=1S/C12H14F3N3O3/c1-17(2)11(19)5-6-16-10-4-3-8(18(20)21)7-9(10)12(13,14)15/h3-4,7,16H,5-6H2,1-2H3. The number of anilines is 1. The average molecular weight is 305 g/mol. The number of carbonyl (C=O) groups excluding carboxylic acids is 1. The van der Waals surface area contributed by atoms with Gasteiger partial charge in [0.25, 0.3) is 5.69 Å². The zero-order valence-corrected chi connectivity index (χ0v) is 11.4. The molecule has 1 N–H and O–H groups in total. The fraction of sp³-hybridized carbons (Fsp3) is 0.417. The molecule has 0 aromatic heterocycles. The van der Waals surface area contributed by atoms with Crippen LogP contribution in [0.5, 0.6) is 0 Å². The van der Waals surface area contributed by atoms with Crippen molar-refractivity contribution in [3.63, 3.8) is 0 Å². The molecular formula is C12H14F3N3O3. The first kappa shape index (κ1) is 16.7. The third-order valence-electron chi connectivity index (χ3n) is 2.67. The Morgan fingerprint density at radius 3 is 2.48 bits per heavy atom. The Balaban J connectivity index is 2.91. The van der Waals surface area contributed by atoms with Gasteiger partial charge in [-0.25, -0.2) is 0 Å². The Morgan fingerprint density at radius 1 is 1.38 bits per heavy atom. The Labute approximate surface area is 118 Å². The van der Waals surface area contributed by atoms with Crippen molar-refractivity contribution in [1.82, 2.24) is 4.90 Å². The second kappa shape index (κ2) is 6.42. The Morgan fingerprint density at radius 2 is 2.00 bits per heavy atom. The molecule has 0 radical (unpaired) electrons. The van der Waals surface area contributed by atoms with Crippen molar-refractivity contribution in [3.05, 3.63) is 33.9 Å². The zero-order valence-electron chi connectivity index (χ0n) is 11.4. The first-order valence-corrected chi connectivity index (χ1v) is 5.92. The Kier molecular flexibility index (Phi) is 5.12. The van der Waals surface area contributed by atoms with Gasteiger partial charge < -0.3 is 10.2 Å². The van der Waals surface area contributed by atoms with Gasteiger partial charge in [0.05, 0.1) is 10.5 Å². The molecule has 1 amide bonds. The number of hydrogen-bond donors (Lipinski definition) is 1. The van der Waals surface area contributed by atoms with E-state index in [1.54, 1.807) is 0 Å². The molecule has 0 saturated heterocycles. The highest BCUT2D eigenvalue weighted by Crippen LogP contribution is 2.37. The molecule has 0 spiro atoms. The Bertz CT molecular complexity index is 544. The third kappa shape index (κ3) is 4.62. The third-order valence-corrected chi connectivity index (χ3v) is 2.67. The number of non-ortho nitro benzene ring substituents is 1. The molecule has 9 heteroatoms. The van der Waals surface area contributed by atoms with Gasteiger partial charge in [-0.15, -0.1) is 0 Å². The van der Waals surface area contributed by atoms with Crippen LogP contribution in [0.25, 0.3) is 0 Å². The number of alkyl halides is 3. The van der Waals surface area contributed by atoms with Crippen molar-refractivity contribution in [2.75, 3.05) is 26.0 Å². The maximum atomic E-state index is 12.9. The molecule has 0 fully saturated rings. The van der Waals surface area contributed by atoms with E-state index in [0.717, 1.165) is 12.1 Å². The molecule has 0 saturated carbocycles. The van der Waals surface area contributed by atoms with E-state index in [1.807, 2.05) is 0 Å².